The molecule has 20 heavy (non-hydrogen) atoms. The van der Waals surface area contributed by atoms with Gasteiger partial charge in [-0.05, 0) is 44.0 Å². The van der Waals surface area contributed by atoms with Crippen LogP contribution in [0, 0.1) is 19.7 Å². The molecule has 0 heterocycles. The summed E-state index contributed by atoms with van der Waals surface area (Å²) in [5.74, 6) is -0.420. The van der Waals surface area contributed by atoms with Gasteiger partial charge in [0.1, 0.15) is 5.82 Å². The van der Waals surface area contributed by atoms with E-state index < -0.39 is 15.8 Å². The van der Waals surface area contributed by atoms with E-state index in [0.29, 0.717) is 37.4 Å². The smallest absolute Gasteiger partial charge is 0.243 e. The predicted octanol–water partition coefficient (Wildman–Crippen LogP) is 2.49. The van der Waals surface area contributed by atoms with Crippen molar-refractivity contribution in [3.63, 3.8) is 0 Å². The van der Waals surface area contributed by atoms with Gasteiger partial charge >= 0.3 is 0 Å². The molecule has 114 valence electrons. The highest BCUT2D eigenvalue weighted by atomic mass is 32.2. The summed E-state index contributed by atoms with van der Waals surface area (Å²) in [7, 11) is -3.62. The molecule has 0 aromatic heterocycles. The third-order valence-electron chi connectivity index (χ3n) is 3.06. The molecular weight excluding hydrogens is 281 g/mol. The highest BCUT2D eigenvalue weighted by Crippen LogP contribution is 2.24. The van der Waals surface area contributed by atoms with Crippen molar-refractivity contribution in [3.05, 3.63) is 29.1 Å². The Kier molecular flexibility index (Phi) is 6.10. The quantitative estimate of drug-likeness (QED) is 0.727. The van der Waals surface area contributed by atoms with E-state index in [1.807, 2.05) is 6.92 Å². The molecule has 0 aliphatic heterocycles. The monoisotopic (exact) mass is 303 g/mol. The van der Waals surface area contributed by atoms with Crippen LogP contribution in [-0.4, -0.2) is 39.0 Å². The van der Waals surface area contributed by atoms with E-state index in [-0.39, 0.29) is 4.90 Å². The van der Waals surface area contributed by atoms with Crippen molar-refractivity contribution in [1.82, 2.24) is 4.31 Å². The van der Waals surface area contributed by atoms with Crippen LogP contribution in [0.1, 0.15) is 25.0 Å². The third-order valence-corrected chi connectivity index (χ3v) is 5.35. The summed E-state index contributed by atoms with van der Waals surface area (Å²) in [5.41, 5.74) is 0.856. The summed E-state index contributed by atoms with van der Waals surface area (Å²) in [4.78, 5) is 0.192. The summed E-state index contributed by atoms with van der Waals surface area (Å²) >= 11 is 0. The summed E-state index contributed by atoms with van der Waals surface area (Å²) in [6, 6.07) is 2.49. The number of benzene rings is 1. The minimum Gasteiger partial charge on any atom is -0.380 e. The van der Waals surface area contributed by atoms with E-state index in [4.69, 9.17) is 4.74 Å². The van der Waals surface area contributed by atoms with Gasteiger partial charge in [0, 0.05) is 19.7 Å². The first-order chi connectivity index (χ1) is 9.34. The Labute approximate surface area is 120 Å². The Morgan fingerprint density at radius 3 is 2.20 bits per heavy atom. The van der Waals surface area contributed by atoms with Gasteiger partial charge in [0.15, 0.2) is 0 Å². The Morgan fingerprint density at radius 2 is 1.75 bits per heavy atom. The molecule has 0 aliphatic carbocycles. The van der Waals surface area contributed by atoms with Crippen LogP contribution in [0.2, 0.25) is 0 Å². The maximum absolute atomic E-state index is 13.3. The largest absolute Gasteiger partial charge is 0.380 e. The number of hydrogen-bond acceptors (Lipinski definition) is 3. The van der Waals surface area contributed by atoms with Gasteiger partial charge in [0.05, 0.1) is 11.5 Å². The topological polar surface area (TPSA) is 46.6 Å². The van der Waals surface area contributed by atoms with Gasteiger partial charge in [-0.25, -0.2) is 12.8 Å². The maximum atomic E-state index is 13.3. The molecule has 0 aliphatic rings. The van der Waals surface area contributed by atoms with E-state index in [1.54, 1.807) is 20.8 Å². The third kappa shape index (κ3) is 3.77. The molecule has 0 unspecified atom stereocenters. The first-order valence-electron chi connectivity index (χ1n) is 6.69. The zero-order chi connectivity index (χ0) is 15.3. The molecule has 6 heteroatoms. The Hall–Kier alpha value is -0.980. The Balaban J connectivity index is 3.14. The van der Waals surface area contributed by atoms with Crippen LogP contribution in [0.5, 0.6) is 0 Å². The van der Waals surface area contributed by atoms with E-state index in [0.717, 1.165) is 0 Å². The number of hydrogen-bond donors (Lipinski definition) is 0. The molecule has 0 bridgehead atoms. The predicted molar refractivity (Wildman–Crippen MR) is 76.8 cm³/mol. The summed E-state index contributed by atoms with van der Waals surface area (Å²) in [6.07, 6.45) is 0. The summed E-state index contributed by atoms with van der Waals surface area (Å²) in [5, 5.41) is 0. The number of rotatable bonds is 7. The molecule has 1 rings (SSSR count). The normalized spacial score (nSPS) is 12.1. The lowest BCUT2D eigenvalue weighted by Crippen LogP contribution is -2.34. The molecule has 0 atom stereocenters. The van der Waals surface area contributed by atoms with Crippen LogP contribution in [0.25, 0.3) is 0 Å². The fraction of sp³-hybridized carbons (Fsp3) is 0.571. The first kappa shape index (κ1) is 17.1. The van der Waals surface area contributed by atoms with Gasteiger partial charge in [0.2, 0.25) is 10.0 Å². The zero-order valence-electron chi connectivity index (χ0n) is 12.4. The molecule has 4 nitrogen and oxygen atoms in total. The van der Waals surface area contributed by atoms with E-state index in [2.05, 4.69) is 0 Å². The zero-order valence-corrected chi connectivity index (χ0v) is 13.3. The maximum Gasteiger partial charge on any atom is 0.243 e. The van der Waals surface area contributed by atoms with Crippen molar-refractivity contribution in [2.75, 3.05) is 26.3 Å². The molecule has 0 N–H and O–H groups in total. The second-order valence-corrected chi connectivity index (χ2v) is 6.44. The van der Waals surface area contributed by atoms with Crippen LogP contribution in [-0.2, 0) is 14.8 Å². The lowest BCUT2D eigenvalue weighted by atomic mass is 10.1. The number of ether oxygens (including phenoxy) is 1. The second-order valence-electron chi connectivity index (χ2n) is 4.56. The molecular formula is C14H22FNO3S. The molecule has 1 aromatic rings. The Morgan fingerprint density at radius 1 is 1.20 bits per heavy atom. The minimum absolute atomic E-state index is 0.192. The molecule has 1 aromatic carbocycles. The second kappa shape index (κ2) is 7.15. The van der Waals surface area contributed by atoms with Crippen LogP contribution in [0.3, 0.4) is 0 Å². The number of halogens is 1. The van der Waals surface area contributed by atoms with Gasteiger partial charge in [-0.3, -0.25) is 0 Å². The summed E-state index contributed by atoms with van der Waals surface area (Å²) < 4.78 is 45.2. The fourth-order valence-electron chi connectivity index (χ4n) is 2.19. The highest BCUT2D eigenvalue weighted by molar-refractivity contribution is 7.89. The average molecular weight is 303 g/mol. The molecule has 0 fully saturated rings. The van der Waals surface area contributed by atoms with Crippen molar-refractivity contribution in [1.29, 1.82) is 0 Å². The highest BCUT2D eigenvalue weighted by Gasteiger charge is 2.26. The van der Waals surface area contributed by atoms with Crippen LogP contribution < -0.4 is 0 Å². The molecule has 0 saturated carbocycles. The van der Waals surface area contributed by atoms with E-state index >= 15 is 0 Å². The fourth-order valence-corrected chi connectivity index (χ4v) is 4.04. The van der Waals surface area contributed by atoms with E-state index in [1.165, 1.54) is 16.4 Å². The van der Waals surface area contributed by atoms with Gasteiger partial charge in [-0.2, -0.15) is 4.31 Å². The van der Waals surface area contributed by atoms with Crippen molar-refractivity contribution in [3.8, 4) is 0 Å². The van der Waals surface area contributed by atoms with Crippen LogP contribution >= 0.6 is 0 Å². The standard InChI is InChI=1S/C14H22FNO3S/c1-5-16(7-8-19-6-2)20(17,18)14-11(3)9-13(15)10-12(14)4/h9-10H,5-8H2,1-4H3. The van der Waals surface area contributed by atoms with E-state index in [9.17, 15) is 12.8 Å². The molecule has 0 radical (unpaired) electrons. The average Bonchev–Trinajstić information content (AvgIpc) is 2.32. The first-order valence-corrected chi connectivity index (χ1v) is 8.13. The van der Waals surface area contributed by atoms with Gasteiger partial charge < -0.3 is 4.74 Å². The molecule has 0 amide bonds. The minimum atomic E-state index is -3.62. The van der Waals surface area contributed by atoms with Gasteiger partial charge in [-0.15, -0.1) is 0 Å². The lowest BCUT2D eigenvalue weighted by molar-refractivity contribution is 0.135. The Bertz CT molecular complexity index is 535. The summed E-state index contributed by atoms with van der Waals surface area (Å²) in [6.45, 7) is 8.40. The number of likely N-dealkylation sites (N-methyl/N-ethyl adjacent to an activating group) is 1. The molecule has 0 spiro atoms. The van der Waals surface area contributed by atoms with Gasteiger partial charge in [0.25, 0.3) is 0 Å². The van der Waals surface area contributed by atoms with Crippen molar-refractivity contribution in [2.45, 2.75) is 32.6 Å². The number of nitrogens with zero attached hydrogens (tertiary/aromatic N) is 1. The molecule has 0 saturated heterocycles. The SMILES string of the molecule is CCOCCN(CC)S(=O)(=O)c1c(C)cc(F)cc1C. The van der Waals surface area contributed by atoms with Crippen molar-refractivity contribution < 1.29 is 17.5 Å². The van der Waals surface area contributed by atoms with Crippen molar-refractivity contribution >= 4 is 10.0 Å². The number of sulfonamides is 1. The van der Waals surface area contributed by atoms with Crippen LogP contribution in [0.4, 0.5) is 4.39 Å². The van der Waals surface area contributed by atoms with Crippen molar-refractivity contribution in [2.24, 2.45) is 0 Å². The number of aryl methyl sites for hydroxylation is 2. The lowest BCUT2D eigenvalue weighted by Gasteiger charge is -2.22. The van der Waals surface area contributed by atoms with Crippen LogP contribution in [0.15, 0.2) is 17.0 Å². The van der Waals surface area contributed by atoms with Gasteiger partial charge in [-0.1, -0.05) is 6.92 Å².